The molecule has 4 rings (SSSR count). The molecule has 0 aliphatic heterocycles. The van der Waals surface area contributed by atoms with Crippen molar-refractivity contribution in [1.82, 2.24) is 0 Å². The Balaban J connectivity index is 1.52. The smallest absolute Gasteiger partial charge is 0.0631 e. The Bertz CT molecular complexity index is 208. The maximum atomic E-state index is 6.22. The van der Waals surface area contributed by atoms with Crippen molar-refractivity contribution < 1.29 is 4.74 Å². The fourth-order valence-corrected chi connectivity index (χ4v) is 4.72. The van der Waals surface area contributed by atoms with Crippen LogP contribution in [0.5, 0.6) is 0 Å². The van der Waals surface area contributed by atoms with E-state index in [0.29, 0.717) is 6.10 Å². The number of hydrogen-bond acceptors (Lipinski definition) is 1. The zero-order valence-electron chi connectivity index (χ0n) is 10.7. The van der Waals surface area contributed by atoms with Gasteiger partial charge in [-0.05, 0) is 62.2 Å². The van der Waals surface area contributed by atoms with Crippen LogP contribution >= 0.6 is 0 Å². The van der Waals surface area contributed by atoms with Crippen LogP contribution in [-0.2, 0) is 4.74 Å². The Labute approximate surface area is 99.9 Å². The summed E-state index contributed by atoms with van der Waals surface area (Å²) in [6.07, 6.45) is 12.1. The number of ether oxygens (including phenoxy) is 1. The van der Waals surface area contributed by atoms with Gasteiger partial charge in [-0.2, -0.15) is 0 Å². The third-order valence-electron chi connectivity index (χ3n) is 5.20. The highest BCUT2D eigenvalue weighted by Crippen LogP contribution is 2.54. The van der Waals surface area contributed by atoms with Crippen molar-refractivity contribution in [2.75, 3.05) is 6.61 Å². The molecule has 0 N–H and O–H groups in total. The number of unbranched alkanes of at least 4 members (excludes halogenated alkanes) is 2. The van der Waals surface area contributed by atoms with Crippen molar-refractivity contribution in [1.29, 1.82) is 0 Å². The normalized spacial score (nSPS) is 45.2. The van der Waals surface area contributed by atoms with E-state index in [1.54, 1.807) is 6.42 Å². The lowest BCUT2D eigenvalue weighted by molar-refractivity contribution is -0.126. The predicted octanol–water partition coefficient (Wildman–Crippen LogP) is 4.02. The van der Waals surface area contributed by atoms with Crippen molar-refractivity contribution in [2.45, 2.75) is 64.4 Å². The molecule has 92 valence electrons. The lowest BCUT2D eigenvalue weighted by Gasteiger charge is -2.54. The third-order valence-corrected chi connectivity index (χ3v) is 5.20. The van der Waals surface area contributed by atoms with Crippen LogP contribution in [0, 0.1) is 23.7 Å². The van der Waals surface area contributed by atoms with E-state index in [0.717, 1.165) is 30.3 Å². The molecule has 4 fully saturated rings. The van der Waals surface area contributed by atoms with E-state index in [9.17, 15) is 0 Å². The molecule has 0 saturated heterocycles. The molecule has 4 aliphatic rings. The third kappa shape index (κ3) is 2.03. The second-order valence-electron chi connectivity index (χ2n) is 6.47. The Hall–Kier alpha value is -0.0400. The van der Waals surface area contributed by atoms with E-state index >= 15 is 0 Å². The quantitative estimate of drug-likeness (QED) is 0.638. The van der Waals surface area contributed by atoms with E-state index in [4.69, 9.17) is 4.74 Å². The highest BCUT2D eigenvalue weighted by Gasteiger charge is 2.48. The van der Waals surface area contributed by atoms with Gasteiger partial charge in [0.25, 0.3) is 0 Å². The number of hydrogen-bond donors (Lipinski definition) is 0. The first-order valence-corrected chi connectivity index (χ1v) is 7.48. The van der Waals surface area contributed by atoms with Gasteiger partial charge in [0.1, 0.15) is 0 Å². The van der Waals surface area contributed by atoms with Crippen molar-refractivity contribution >= 4 is 0 Å². The molecule has 4 saturated carbocycles. The molecule has 0 atom stereocenters. The van der Waals surface area contributed by atoms with Crippen LogP contribution in [-0.4, -0.2) is 12.7 Å². The monoisotopic (exact) mass is 222 g/mol. The summed E-state index contributed by atoms with van der Waals surface area (Å²) in [6, 6.07) is 0. The molecular formula is C15H26O. The van der Waals surface area contributed by atoms with Crippen LogP contribution in [0.25, 0.3) is 0 Å². The summed E-state index contributed by atoms with van der Waals surface area (Å²) in [5.41, 5.74) is 0. The summed E-state index contributed by atoms with van der Waals surface area (Å²) >= 11 is 0. The molecule has 0 aromatic carbocycles. The molecule has 4 aliphatic carbocycles. The van der Waals surface area contributed by atoms with Gasteiger partial charge in [0.05, 0.1) is 6.10 Å². The van der Waals surface area contributed by atoms with Crippen molar-refractivity contribution in [2.24, 2.45) is 23.7 Å². The largest absolute Gasteiger partial charge is 0.378 e. The lowest BCUT2D eigenvalue weighted by atomic mass is 9.55. The summed E-state index contributed by atoms with van der Waals surface area (Å²) in [6.45, 7) is 3.30. The van der Waals surface area contributed by atoms with E-state index in [1.165, 1.54) is 44.9 Å². The second-order valence-corrected chi connectivity index (χ2v) is 6.47. The van der Waals surface area contributed by atoms with Gasteiger partial charge in [0.2, 0.25) is 0 Å². The van der Waals surface area contributed by atoms with Crippen LogP contribution in [0.3, 0.4) is 0 Å². The van der Waals surface area contributed by atoms with E-state index in [2.05, 4.69) is 6.92 Å². The van der Waals surface area contributed by atoms with Gasteiger partial charge in [0, 0.05) is 6.61 Å². The van der Waals surface area contributed by atoms with Gasteiger partial charge in [-0.25, -0.2) is 0 Å². The maximum Gasteiger partial charge on any atom is 0.0631 e. The molecule has 1 nitrogen and oxygen atoms in total. The average Bonchev–Trinajstić information content (AvgIpc) is 2.26. The number of rotatable bonds is 5. The maximum absolute atomic E-state index is 6.22. The Morgan fingerprint density at radius 3 is 2.06 bits per heavy atom. The average molecular weight is 222 g/mol. The SMILES string of the molecule is CCCCCOC1C2CC3CC(C2)CC1C3. The summed E-state index contributed by atoms with van der Waals surface area (Å²) in [5.74, 6) is 4.05. The fraction of sp³-hybridized carbons (Fsp3) is 1.00. The Morgan fingerprint density at radius 2 is 1.50 bits per heavy atom. The van der Waals surface area contributed by atoms with Crippen molar-refractivity contribution in [3.8, 4) is 0 Å². The predicted molar refractivity (Wildman–Crippen MR) is 66.3 cm³/mol. The summed E-state index contributed by atoms with van der Waals surface area (Å²) in [4.78, 5) is 0. The molecule has 0 radical (unpaired) electrons. The van der Waals surface area contributed by atoms with Crippen LogP contribution in [0.1, 0.15) is 58.3 Å². The first-order valence-electron chi connectivity index (χ1n) is 7.48. The molecule has 0 unspecified atom stereocenters. The highest BCUT2D eigenvalue weighted by atomic mass is 16.5. The lowest BCUT2D eigenvalue weighted by Crippen LogP contribution is -2.49. The summed E-state index contributed by atoms with van der Waals surface area (Å²) < 4.78 is 6.22. The van der Waals surface area contributed by atoms with Gasteiger partial charge in [-0.3, -0.25) is 0 Å². The molecule has 1 heteroatoms. The standard InChI is InChI=1S/C15H26O/c1-2-3-4-5-16-15-13-7-11-6-12(9-13)10-14(15)8-11/h11-15H,2-10H2,1H3. The van der Waals surface area contributed by atoms with Gasteiger partial charge < -0.3 is 4.74 Å². The van der Waals surface area contributed by atoms with Gasteiger partial charge in [-0.1, -0.05) is 19.8 Å². The van der Waals surface area contributed by atoms with Gasteiger partial charge >= 0.3 is 0 Å². The molecular weight excluding hydrogens is 196 g/mol. The molecule has 0 spiro atoms. The molecule has 0 heterocycles. The molecule has 0 aromatic rings. The van der Waals surface area contributed by atoms with Crippen molar-refractivity contribution in [3.63, 3.8) is 0 Å². The first kappa shape index (κ1) is 11.1. The van der Waals surface area contributed by atoms with Crippen LogP contribution < -0.4 is 0 Å². The minimum Gasteiger partial charge on any atom is -0.378 e. The molecule has 0 amide bonds. The van der Waals surface area contributed by atoms with Crippen molar-refractivity contribution in [3.05, 3.63) is 0 Å². The minimum atomic E-state index is 0.657. The summed E-state index contributed by atoms with van der Waals surface area (Å²) in [5, 5.41) is 0. The van der Waals surface area contributed by atoms with E-state index in [1.807, 2.05) is 0 Å². The van der Waals surface area contributed by atoms with Crippen LogP contribution in [0.2, 0.25) is 0 Å². The Kier molecular flexibility index (Phi) is 3.24. The summed E-state index contributed by atoms with van der Waals surface area (Å²) in [7, 11) is 0. The van der Waals surface area contributed by atoms with E-state index < -0.39 is 0 Å². The zero-order valence-corrected chi connectivity index (χ0v) is 10.7. The first-order chi connectivity index (χ1) is 7.86. The second kappa shape index (κ2) is 4.68. The minimum absolute atomic E-state index is 0.657. The fourth-order valence-electron chi connectivity index (χ4n) is 4.72. The molecule has 16 heavy (non-hydrogen) atoms. The topological polar surface area (TPSA) is 9.23 Å². The van der Waals surface area contributed by atoms with Gasteiger partial charge in [-0.15, -0.1) is 0 Å². The van der Waals surface area contributed by atoms with Crippen LogP contribution in [0.15, 0.2) is 0 Å². The molecule has 4 bridgehead atoms. The van der Waals surface area contributed by atoms with Crippen LogP contribution in [0.4, 0.5) is 0 Å². The highest BCUT2D eigenvalue weighted by molar-refractivity contribution is 4.98. The molecule has 0 aromatic heterocycles. The van der Waals surface area contributed by atoms with Gasteiger partial charge in [0.15, 0.2) is 0 Å². The Morgan fingerprint density at radius 1 is 0.875 bits per heavy atom. The zero-order chi connectivity index (χ0) is 11.0. The van der Waals surface area contributed by atoms with E-state index in [-0.39, 0.29) is 0 Å².